The van der Waals surface area contributed by atoms with Gasteiger partial charge in [0.25, 0.3) is 0 Å². The van der Waals surface area contributed by atoms with Gasteiger partial charge in [0.2, 0.25) is 0 Å². The zero-order valence-electron chi connectivity index (χ0n) is 9.85. The highest BCUT2D eigenvalue weighted by Gasteiger charge is 2.07. The van der Waals surface area contributed by atoms with E-state index in [2.05, 4.69) is 15.3 Å². The number of aliphatic hydroxyl groups is 1. The average Bonchev–Trinajstić information content (AvgIpc) is 2.82. The highest BCUT2D eigenvalue weighted by molar-refractivity contribution is 5.75. The Morgan fingerprint density at radius 2 is 2.00 bits per heavy atom. The monoisotopic (exact) mass is 240 g/mol. The van der Waals surface area contributed by atoms with E-state index in [1.807, 2.05) is 36.4 Å². The molecule has 0 radical (unpaired) electrons. The third-order valence-corrected chi connectivity index (χ3v) is 2.82. The lowest BCUT2D eigenvalue weighted by Gasteiger charge is -2.05. The van der Waals surface area contributed by atoms with Crippen LogP contribution in [0.25, 0.3) is 16.9 Å². The smallest absolute Gasteiger partial charge is 0.155 e. The summed E-state index contributed by atoms with van der Waals surface area (Å²) >= 11 is 0. The van der Waals surface area contributed by atoms with Gasteiger partial charge in [-0.15, -0.1) is 5.10 Å². The van der Waals surface area contributed by atoms with Gasteiger partial charge in [0, 0.05) is 6.20 Å². The van der Waals surface area contributed by atoms with Crippen molar-refractivity contribution < 1.29 is 5.11 Å². The van der Waals surface area contributed by atoms with Crippen molar-refractivity contribution in [2.45, 2.75) is 13.0 Å². The van der Waals surface area contributed by atoms with Gasteiger partial charge in [-0.05, 0) is 30.7 Å². The van der Waals surface area contributed by atoms with Gasteiger partial charge in [-0.3, -0.25) is 0 Å². The zero-order chi connectivity index (χ0) is 12.5. The molecule has 1 atom stereocenters. The van der Waals surface area contributed by atoms with Crippen LogP contribution in [0.1, 0.15) is 18.6 Å². The Morgan fingerprint density at radius 3 is 2.72 bits per heavy atom. The first-order chi connectivity index (χ1) is 8.75. The molecular formula is C13H12N4O. The van der Waals surface area contributed by atoms with Gasteiger partial charge in [0.1, 0.15) is 5.52 Å². The summed E-state index contributed by atoms with van der Waals surface area (Å²) in [6.45, 7) is 1.71. The van der Waals surface area contributed by atoms with E-state index >= 15 is 0 Å². The molecule has 0 bridgehead atoms. The number of pyridine rings is 1. The summed E-state index contributed by atoms with van der Waals surface area (Å²) in [7, 11) is 0. The van der Waals surface area contributed by atoms with Crippen molar-refractivity contribution in [1.82, 2.24) is 20.0 Å². The number of hydrogen-bond acceptors (Lipinski definition) is 4. The lowest BCUT2D eigenvalue weighted by atomic mass is 10.2. The van der Waals surface area contributed by atoms with Gasteiger partial charge in [-0.25, -0.2) is 4.98 Å². The largest absolute Gasteiger partial charge is 0.389 e. The Balaban J connectivity index is 2.09. The fourth-order valence-electron chi connectivity index (χ4n) is 1.81. The van der Waals surface area contributed by atoms with Crippen molar-refractivity contribution in [3.8, 4) is 5.82 Å². The number of fused-ring (bicyclic) bond motifs is 1. The topological polar surface area (TPSA) is 63.8 Å². The molecule has 1 N–H and O–H groups in total. The predicted octanol–water partition coefficient (Wildman–Crippen LogP) is 1.87. The van der Waals surface area contributed by atoms with Crippen LogP contribution >= 0.6 is 0 Å². The third kappa shape index (κ3) is 1.74. The van der Waals surface area contributed by atoms with E-state index in [9.17, 15) is 5.11 Å². The molecule has 18 heavy (non-hydrogen) atoms. The molecule has 5 heteroatoms. The Labute approximate surface area is 104 Å². The number of nitrogens with zero attached hydrogens (tertiary/aromatic N) is 4. The highest BCUT2D eigenvalue weighted by Crippen LogP contribution is 2.16. The first-order valence-electron chi connectivity index (χ1n) is 5.70. The van der Waals surface area contributed by atoms with Crippen LogP contribution in [0.3, 0.4) is 0 Å². The summed E-state index contributed by atoms with van der Waals surface area (Å²) in [4.78, 5) is 4.29. The number of benzene rings is 1. The summed E-state index contributed by atoms with van der Waals surface area (Å²) in [5, 5.41) is 17.6. The van der Waals surface area contributed by atoms with Crippen molar-refractivity contribution in [3.63, 3.8) is 0 Å². The van der Waals surface area contributed by atoms with E-state index in [1.165, 1.54) is 0 Å². The van der Waals surface area contributed by atoms with Crippen LogP contribution in [-0.4, -0.2) is 25.1 Å². The molecule has 0 saturated heterocycles. The predicted molar refractivity (Wildman–Crippen MR) is 67.3 cm³/mol. The normalized spacial score (nSPS) is 12.8. The SMILES string of the molecule is C[C@@H](O)c1ccc(-n2nnc3ccccc32)nc1. The Hall–Kier alpha value is -2.27. The number of aliphatic hydroxyl groups excluding tert-OH is 1. The molecule has 0 aliphatic carbocycles. The maximum absolute atomic E-state index is 9.44. The minimum atomic E-state index is -0.515. The lowest BCUT2D eigenvalue weighted by molar-refractivity contribution is 0.199. The summed E-state index contributed by atoms with van der Waals surface area (Å²) in [6, 6.07) is 11.4. The van der Waals surface area contributed by atoms with E-state index < -0.39 is 6.10 Å². The van der Waals surface area contributed by atoms with Crippen LogP contribution in [0.2, 0.25) is 0 Å². The number of para-hydroxylation sites is 1. The summed E-state index contributed by atoms with van der Waals surface area (Å²) < 4.78 is 1.68. The molecular weight excluding hydrogens is 228 g/mol. The van der Waals surface area contributed by atoms with Crippen molar-refractivity contribution >= 4 is 11.0 Å². The summed E-state index contributed by atoms with van der Waals surface area (Å²) in [5.74, 6) is 0.688. The molecule has 0 fully saturated rings. The van der Waals surface area contributed by atoms with Crippen LogP contribution in [0.15, 0.2) is 42.6 Å². The van der Waals surface area contributed by atoms with Gasteiger partial charge in [-0.1, -0.05) is 23.4 Å². The fourth-order valence-corrected chi connectivity index (χ4v) is 1.81. The van der Waals surface area contributed by atoms with Crippen LogP contribution in [-0.2, 0) is 0 Å². The van der Waals surface area contributed by atoms with Crippen LogP contribution < -0.4 is 0 Å². The standard InChI is InChI=1S/C13H12N4O/c1-9(18)10-6-7-13(14-8-10)17-12-5-3-2-4-11(12)15-16-17/h2-9,18H,1H3/t9-/m1/s1. The first-order valence-corrected chi connectivity index (χ1v) is 5.70. The number of rotatable bonds is 2. The van der Waals surface area contributed by atoms with Crippen molar-refractivity contribution in [3.05, 3.63) is 48.2 Å². The minimum Gasteiger partial charge on any atom is -0.389 e. The van der Waals surface area contributed by atoms with Crippen LogP contribution in [0.5, 0.6) is 0 Å². The van der Waals surface area contributed by atoms with E-state index in [0.29, 0.717) is 5.82 Å². The molecule has 0 spiro atoms. The molecule has 90 valence electrons. The highest BCUT2D eigenvalue weighted by atomic mass is 16.3. The van der Waals surface area contributed by atoms with Gasteiger partial charge in [0.05, 0.1) is 11.6 Å². The molecule has 0 aliphatic heterocycles. The van der Waals surface area contributed by atoms with Crippen LogP contribution in [0.4, 0.5) is 0 Å². The maximum Gasteiger partial charge on any atom is 0.155 e. The molecule has 3 aromatic rings. The second-order valence-electron chi connectivity index (χ2n) is 4.12. The minimum absolute atomic E-state index is 0.515. The number of hydrogen-bond donors (Lipinski definition) is 1. The molecule has 2 aromatic heterocycles. The fraction of sp³-hybridized carbons (Fsp3) is 0.154. The lowest BCUT2D eigenvalue weighted by Crippen LogP contribution is -2.01. The second-order valence-corrected chi connectivity index (χ2v) is 4.12. The first kappa shape index (κ1) is 10.9. The molecule has 0 aliphatic rings. The molecule has 0 amide bonds. The van der Waals surface area contributed by atoms with Crippen molar-refractivity contribution in [1.29, 1.82) is 0 Å². The quantitative estimate of drug-likeness (QED) is 0.742. The van der Waals surface area contributed by atoms with Gasteiger partial charge >= 0.3 is 0 Å². The Kier molecular flexibility index (Phi) is 2.53. The van der Waals surface area contributed by atoms with E-state index in [-0.39, 0.29) is 0 Å². The van der Waals surface area contributed by atoms with Gasteiger partial charge < -0.3 is 5.11 Å². The molecule has 0 saturated carbocycles. The second kappa shape index (κ2) is 4.19. The van der Waals surface area contributed by atoms with E-state index in [4.69, 9.17) is 0 Å². The van der Waals surface area contributed by atoms with Crippen molar-refractivity contribution in [2.24, 2.45) is 0 Å². The van der Waals surface area contributed by atoms with Gasteiger partial charge in [-0.2, -0.15) is 4.68 Å². The molecule has 2 heterocycles. The average molecular weight is 240 g/mol. The summed E-state index contributed by atoms with van der Waals surface area (Å²) in [6.07, 6.45) is 1.13. The molecule has 3 rings (SSSR count). The Bertz CT molecular complexity index is 673. The van der Waals surface area contributed by atoms with Crippen molar-refractivity contribution in [2.75, 3.05) is 0 Å². The number of aromatic nitrogens is 4. The van der Waals surface area contributed by atoms with Gasteiger partial charge in [0.15, 0.2) is 5.82 Å². The maximum atomic E-state index is 9.44. The third-order valence-electron chi connectivity index (χ3n) is 2.82. The molecule has 5 nitrogen and oxygen atoms in total. The van der Waals surface area contributed by atoms with Crippen LogP contribution in [0, 0.1) is 0 Å². The zero-order valence-corrected chi connectivity index (χ0v) is 9.85. The van der Waals surface area contributed by atoms with E-state index in [1.54, 1.807) is 17.8 Å². The van der Waals surface area contributed by atoms with E-state index in [0.717, 1.165) is 16.6 Å². The Morgan fingerprint density at radius 1 is 1.17 bits per heavy atom. The molecule has 1 aromatic carbocycles. The summed E-state index contributed by atoms with van der Waals surface area (Å²) in [5.41, 5.74) is 2.52. The molecule has 0 unspecified atom stereocenters.